The van der Waals surface area contributed by atoms with Gasteiger partial charge in [-0.3, -0.25) is 10.2 Å². The van der Waals surface area contributed by atoms with Gasteiger partial charge in [0.25, 0.3) is 0 Å². The molecule has 2 N–H and O–H groups in total. The molecule has 0 bridgehead atoms. The molecule has 0 radical (unpaired) electrons. The van der Waals surface area contributed by atoms with Gasteiger partial charge in [0.05, 0.1) is 0 Å². The van der Waals surface area contributed by atoms with Crippen LogP contribution in [0.5, 0.6) is 0 Å². The van der Waals surface area contributed by atoms with Gasteiger partial charge in [0.2, 0.25) is 5.91 Å². The van der Waals surface area contributed by atoms with Crippen molar-refractivity contribution in [3.8, 4) is 0 Å². The average Bonchev–Trinajstić information content (AvgIpc) is 2.82. The Morgan fingerprint density at radius 2 is 2.05 bits per heavy atom. The van der Waals surface area contributed by atoms with Crippen molar-refractivity contribution in [2.45, 2.75) is 31.6 Å². The maximum absolute atomic E-state index is 12.5. The van der Waals surface area contributed by atoms with Gasteiger partial charge in [-0.1, -0.05) is 23.7 Å². The second-order valence-electron chi connectivity index (χ2n) is 4.99. The van der Waals surface area contributed by atoms with Crippen LogP contribution in [0, 0.1) is 0 Å². The maximum Gasteiger partial charge on any atom is 0.431 e. The molecule has 21 heavy (non-hydrogen) atoms. The van der Waals surface area contributed by atoms with Gasteiger partial charge < -0.3 is 5.32 Å². The first-order valence-electron chi connectivity index (χ1n) is 6.14. The third-order valence-corrected chi connectivity index (χ3v) is 3.41. The van der Waals surface area contributed by atoms with Crippen LogP contribution in [0.2, 0.25) is 5.02 Å². The predicted molar refractivity (Wildman–Crippen MR) is 72.9 cm³/mol. The topological polar surface area (TPSA) is 53.5 Å². The van der Waals surface area contributed by atoms with Crippen LogP contribution in [0.4, 0.5) is 13.2 Å². The number of amides is 1. The molecule has 0 spiro atoms. The van der Waals surface area contributed by atoms with Crippen LogP contribution in [0.25, 0.3) is 0 Å². The Bertz CT molecular complexity index is 571. The first kappa shape index (κ1) is 15.6. The summed E-state index contributed by atoms with van der Waals surface area (Å²) in [5.41, 5.74) is 0.696. The van der Waals surface area contributed by atoms with Gasteiger partial charge in [0.15, 0.2) is 0 Å². The average molecular weight is 320 g/mol. The Balaban J connectivity index is 1.94. The summed E-state index contributed by atoms with van der Waals surface area (Å²) in [5, 5.41) is 6.37. The van der Waals surface area contributed by atoms with Crippen molar-refractivity contribution < 1.29 is 18.0 Å². The summed E-state index contributed by atoms with van der Waals surface area (Å²) in [7, 11) is 0. The van der Waals surface area contributed by atoms with Gasteiger partial charge in [-0.15, -0.1) is 0 Å². The number of carbonyl (C=O) groups excluding carboxylic acids is 1. The van der Waals surface area contributed by atoms with Gasteiger partial charge in [-0.25, -0.2) is 0 Å². The fraction of sp³-hybridized carbons (Fsp3) is 0.385. The highest BCUT2D eigenvalue weighted by Crippen LogP contribution is 2.28. The van der Waals surface area contributed by atoms with Crippen molar-refractivity contribution in [1.82, 2.24) is 10.7 Å². The minimum absolute atomic E-state index is 0.203. The third kappa shape index (κ3) is 3.66. The first-order chi connectivity index (χ1) is 9.71. The van der Waals surface area contributed by atoms with Crippen LogP contribution < -0.4 is 10.7 Å². The number of hydrazone groups is 1. The van der Waals surface area contributed by atoms with Crippen molar-refractivity contribution in [1.29, 1.82) is 0 Å². The lowest BCUT2D eigenvalue weighted by atomic mass is 9.95. The Morgan fingerprint density at radius 3 is 2.57 bits per heavy atom. The van der Waals surface area contributed by atoms with Crippen LogP contribution >= 0.6 is 11.6 Å². The van der Waals surface area contributed by atoms with Crippen molar-refractivity contribution in [2.75, 3.05) is 0 Å². The fourth-order valence-electron chi connectivity index (χ4n) is 1.88. The van der Waals surface area contributed by atoms with Crippen molar-refractivity contribution in [3.63, 3.8) is 0 Å². The molecule has 0 aliphatic carbocycles. The number of nitrogens with one attached hydrogen (secondary N) is 2. The highest BCUT2D eigenvalue weighted by molar-refractivity contribution is 6.30. The van der Waals surface area contributed by atoms with E-state index in [2.05, 4.69) is 15.8 Å². The monoisotopic (exact) mass is 319 g/mol. The van der Waals surface area contributed by atoms with E-state index in [-0.39, 0.29) is 6.54 Å². The van der Waals surface area contributed by atoms with Crippen LogP contribution in [0.15, 0.2) is 29.4 Å². The zero-order valence-electron chi connectivity index (χ0n) is 11.1. The van der Waals surface area contributed by atoms with Crippen LogP contribution in [0.1, 0.15) is 18.9 Å². The molecule has 0 saturated heterocycles. The second-order valence-corrected chi connectivity index (χ2v) is 5.42. The van der Waals surface area contributed by atoms with E-state index in [1.54, 1.807) is 24.3 Å². The lowest BCUT2D eigenvalue weighted by Gasteiger charge is -2.22. The second kappa shape index (κ2) is 5.55. The molecule has 0 saturated carbocycles. The van der Waals surface area contributed by atoms with E-state index < -0.39 is 29.8 Å². The number of rotatable bonds is 3. The number of nitrogens with zero attached hydrogens (tertiary/aromatic N) is 1. The normalized spacial score (nSPS) is 21.7. The van der Waals surface area contributed by atoms with Gasteiger partial charge >= 0.3 is 6.18 Å². The Morgan fingerprint density at radius 1 is 1.43 bits per heavy atom. The highest BCUT2D eigenvalue weighted by Gasteiger charge is 2.47. The number of carbonyl (C=O) groups is 1. The van der Waals surface area contributed by atoms with E-state index >= 15 is 0 Å². The summed E-state index contributed by atoms with van der Waals surface area (Å²) < 4.78 is 37.6. The summed E-state index contributed by atoms with van der Waals surface area (Å²) >= 11 is 5.74. The van der Waals surface area contributed by atoms with E-state index in [1.165, 1.54) is 6.92 Å². The number of hydrogen-bond donors (Lipinski definition) is 2. The van der Waals surface area contributed by atoms with E-state index in [9.17, 15) is 18.0 Å². The number of benzene rings is 1. The molecule has 1 aliphatic rings. The molecule has 1 atom stereocenters. The SMILES string of the molecule is CC1(C(=O)NCc2ccc(Cl)cc2)CC(C(F)(F)F)=NN1. The summed E-state index contributed by atoms with van der Waals surface area (Å²) in [6.07, 6.45) is -5.02. The van der Waals surface area contributed by atoms with Gasteiger partial charge in [0.1, 0.15) is 11.3 Å². The van der Waals surface area contributed by atoms with Gasteiger partial charge in [0, 0.05) is 18.0 Å². The van der Waals surface area contributed by atoms with Crippen molar-refractivity contribution in [2.24, 2.45) is 5.10 Å². The zero-order valence-corrected chi connectivity index (χ0v) is 11.8. The Kier molecular flexibility index (Phi) is 4.13. The minimum Gasteiger partial charge on any atom is -0.350 e. The number of hydrogen-bond acceptors (Lipinski definition) is 3. The van der Waals surface area contributed by atoms with E-state index in [1.807, 2.05) is 0 Å². The molecule has 2 rings (SSSR count). The molecule has 4 nitrogen and oxygen atoms in total. The van der Waals surface area contributed by atoms with Crippen molar-refractivity contribution in [3.05, 3.63) is 34.9 Å². The molecule has 0 aromatic heterocycles. The van der Waals surface area contributed by atoms with Gasteiger partial charge in [-0.2, -0.15) is 18.3 Å². The summed E-state index contributed by atoms with van der Waals surface area (Å²) in [5.74, 6) is -0.541. The first-order valence-corrected chi connectivity index (χ1v) is 6.52. The lowest BCUT2D eigenvalue weighted by molar-refractivity contribution is -0.126. The quantitative estimate of drug-likeness (QED) is 0.900. The Labute approximate surface area is 124 Å². The minimum atomic E-state index is -4.53. The van der Waals surface area contributed by atoms with Crippen molar-refractivity contribution >= 4 is 23.2 Å². The standard InChI is InChI=1S/C13H13ClF3N3O/c1-12(6-10(19-20-12)13(15,16)17)11(21)18-7-8-2-4-9(14)5-3-8/h2-5,20H,6-7H2,1H3,(H,18,21). The van der Waals surface area contributed by atoms with E-state index in [4.69, 9.17) is 11.6 Å². The molecule has 1 amide bonds. The Hall–Kier alpha value is -1.76. The molecular weight excluding hydrogens is 307 g/mol. The number of alkyl halides is 3. The highest BCUT2D eigenvalue weighted by atomic mass is 35.5. The predicted octanol–water partition coefficient (Wildman–Crippen LogP) is 2.63. The fourth-order valence-corrected chi connectivity index (χ4v) is 2.01. The van der Waals surface area contributed by atoms with Gasteiger partial charge in [-0.05, 0) is 24.6 Å². The summed E-state index contributed by atoms with van der Waals surface area (Å²) in [6.45, 7) is 1.58. The molecular formula is C13H13ClF3N3O. The molecule has 1 aromatic rings. The van der Waals surface area contributed by atoms with E-state index in [0.29, 0.717) is 5.02 Å². The zero-order chi connectivity index (χ0) is 15.7. The molecule has 1 heterocycles. The molecule has 1 unspecified atom stereocenters. The molecule has 1 aromatic carbocycles. The largest absolute Gasteiger partial charge is 0.431 e. The summed E-state index contributed by atoms with van der Waals surface area (Å²) in [6, 6.07) is 6.79. The van der Waals surface area contributed by atoms with Crippen LogP contribution in [0.3, 0.4) is 0 Å². The number of halogens is 4. The van der Waals surface area contributed by atoms with Crippen LogP contribution in [-0.4, -0.2) is 23.3 Å². The molecule has 8 heteroatoms. The van der Waals surface area contributed by atoms with E-state index in [0.717, 1.165) is 5.56 Å². The molecule has 0 fully saturated rings. The molecule has 114 valence electrons. The molecule has 1 aliphatic heterocycles. The maximum atomic E-state index is 12.5. The smallest absolute Gasteiger partial charge is 0.350 e. The summed E-state index contributed by atoms with van der Waals surface area (Å²) in [4.78, 5) is 12.0. The lowest BCUT2D eigenvalue weighted by Crippen LogP contribution is -2.51. The third-order valence-electron chi connectivity index (χ3n) is 3.15. The van der Waals surface area contributed by atoms with Crippen LogP contribution in [-0.2, 0) is 11.3 Å².